The van der Waals surface area contributed by atoms with Gasteiger partial charge in [-0.25, -0.2) is 4.79 Å². The smallest absolute Gasteiger partial charge is 0.324 e. The molecule has 9 heteroatoms. The molecule has 0 fully saturated rings. The third-order valence-corrected chi connectivity index (χ3v) is 4.86. The fraction of sp³-hybridized carbons (Fsp3) is 0. The number of hydrogen-bond acceptors (Lipinski definition) is 6. The fourth-order valence-electron chi connectivity index (χ4n) is 2.46. The van der Waals surface area contributed by atoms with Gasteiger partial charge in [0, 0.05) is 0 Å². The minimum atomic E-state index is -0.872. The van der Waals surface area contributed by atoms with Gasteiger partial charge in [-0.3, -0.25) is 14.7 Å². The number of hydrogen-bond donors (Lipinski definition) is 1. The van der Waals surface area contributed by atoms with Crippen molar-refractivity contribution in [1.82, 2.24) is 15.3 Å². The minimum Gasteiger partial charge on any atom is -0.324 e. The summed E-state index contributed by atoms with van der Waals surface area (Å²) >= 11 is 7.16. The Kier molecular flexibility index (Phi) is 3.63. The highest BCUT2D eigenvalue weighted by Gasteiger charge is 2.39. The second-order valence-corrected chi connectivity index (χ2v) is 6.81. The van der Waals surface area contributed by atoms with E-state index in [9.17, 15) is 14.4 Å². The third kappa shape index (κ3) is 2.51. The number of fused-ring (bicyclic) bond motifs is 1. The van der Waals surface area contributed by atoms with E-state index in [-0.39, 0.29) is 16.7 Å². The predicted octanol–water partition coefficient (Wildman–Crippen LogP) is 3.16. The van der Waals surface area contributed by atoms with E-state index in [1.807, 2.05) is 0 Å². The number of aromatic amines is 1. The van der Waals surface area contributed by atoms with Gasteiger partial charge in [0.15, 0.2) is 0 Å². The van der Waals surface area contributed by atoms with Crippen molar-refractivity contribution in [2.75, 3.05) is 0 Å². The fourth-order valence-corrected chi connectivity index (χ4v) is 3.51. The molecular weight excluding hydrogens is 366 g/mol. The van der Waals surface area contributed by atoms with Crippen LogP contribution in [0.4, 0.5) is 0 Å². The zero-order valence-electron chi connectivity index (χ0n) is 12.4. The molecule has 3 heterocycles. The Labute approximate surface area is 149 Å². The first kappa shape index (κ1) is 15.6. The summed E-state index contributed by atoms with van der Waals surface area (Å²) in [5.41, 5.74) is 0.879. The Morgan fingerprint density at radius 1 is 1.12 bits per heavy atom. The molecule has 2 aromatic heterocycles. The van der Waals surface area contributed by atoms with Crippen LogP contribution in [0.1, 0.15) is 31.1 Å². The van der Waals surface area contributed by atoms with Crippen molar-refractivity contribution in [3.8, 4) is 10.6 Å². The van der Waals surface area contributed by atoms with Crippen LogP contribution in [0.3, 0.4) is 0 Å². The number of carbonyl (C=O) groups excluding carboxylic acids is 3. The highest BCUT2D eigenvalue weighted by atomic mass is 35.5. The van der Waals surface area contributed by atoms with E-state index >= 15 is 0 Å². The monoisotopic (exact) mass is 373 g/mol. The van der Waals surface area contributed by atoms with Crippen molar-refractivity contribution in [2.45, 2.75) is 0 Å². The summed E-state index contributed by atoms with van der Waals surface area (Å²) < 4.78 is 0.546. The molecule has 25 heavy (non-hydrogen) atoms. The van der Waals surface area contributed by atoms with Crippen molar-refractivity contribution in [2.24, 2.45) is 0 Å². The van der Waals surface area contributed by atoms with Crippen molar-refractivity contribution < 1.29 is 19.2 Å². The number of imide groups is 1. The molecule has 3 aromatic rings. The Bertz CT molecular complexity index is 991. The maximum Gasteiger partial charge on any atom is 0.367 e. The average Bonchev–Trinajstić information content (AvgIpc) is 3.31. The molecule has 2 amide bonds. The van der Waals surface area contributed by atoms with Gasteiger partial charge in [0.2, 0.25) is 0 Å². The van der Waals surface area contributed by atoms with Crippen molar-refractivity contribution >= 4 is 40.7 Å². The SMILES string of the molecule is O=C(ON1C(=O)c2ccccc2C1=O)c1cn[nH]c1-c1ccc(Cl)s1. The lowest BCUT2D eigenvalue weighted by Crippen LogP contribution is -2.32. The first-order valence-electron chi connectivity index (χ1n) is 7.05. The van der Waals surface area contributed by atoms with Crippen molar-refractivity contribution in [3.63, 3.8) is 0 Å². The molecule has 1 N–H and O–H groups in total. The lowest BCUT2D eigenvalue weighted by atomic mass is 10.1. The predicted molar refractivity (Wildman–Crippen MR) is 89.3 cm³/mol. The number of thiophene rings is 1. The van der Waals surface area contributed by atoms with E-state index in [1.165, 1.54) is 29.7 Å². The molecule has 0 aliphatic carbocycles. The van der Waals surface area contributed by atoms with Crippen LogP contribution >= 0.6 is 22.9 Å². The summed E-state index contributed by atoms with van der Waals surface area (Å²) in [7, 11) is 0. The van der Waals surface area contributed by atoms with Gasteiger partial charge < -0.3 is 4.84 Å². The van der Waals surface area contributed by atoms with Crippen LogP contribution in [0.2, 0.25) is 4.34 Å². The molecule has 0 saturated carbocycles. The zero-order chi connectivity index (χ0) is 17.6. The first-order valence-corrected chi connectivity index (χ1v) is 8.25. The lowest BCUT2D eigenvalue weighted by molar-refractivity contribution is -0.0584. The summed E-state index contributed by atoms with van der Waals surface area (Å²) in [6.07, 6.45) is 1.27. The standard InChI is InChI=1S/C16H8ClN3O4S/c17-12-6-5-11(25-12)13-10(7-18-19-13)16(23)24-20-14(21)8-3-1-2-4-9(8)15(20)22/h1-7H,(H,18,19). The number of rotatable bonds is 3. The number of H-pyrrole nitrogens is 1. The number of amides is 2. The van der Waals surface area contributed by atoms with E-state index < -0.39 is 17.8 Å². The van der Waals surface area contributed by atoms with Crippen LogP contribution in [0.25, 0.3) is 10.6 Å². The van der Waals surface area contributed by atoms with Gasteiger partial charge in [-0.15, -0.1) is 11.3 Å². The van der Waals surface area contributed by atoms with E-state index in [1.54, 1.807) is 24.3 Å². The summed E-state index contributed by atoms with van der Waals surface area (Å²) in [6.45, 7) is 0. The first-order chi connectivity index (χ1) is 12.1. The molecule has 1 aliphatic heterocycles. The maximum absolute atomic E-state index is 12.4. The van der Waals surface area contributed by atoms with E-state index in [2.05, 4.69) is 10.2 Å². The molecule has 4 rings (SSSR count). The van der Waals surface area contributed by atoms with Gasteiger partial charge in [0.25, 0.3) is 11.8 Å². The maximum atomic E-state index is 12.4. The second-order valence-electron chi connectivity index (χ2n) is 5.09. The van der Waals surface area contributed by atoms with Gasteiger partial charge in [-0.2, -0.15) is 5.10 Å². The lowest BCUT2D eigenvalue weighted by Gasteiger charge is -2.12. The van der Waals surface area contributed by atoms with E-state index in [4.69, 9.17) is 16.4 Å². The van der Waals surface area contributed by atoms with Crippen LogP contribution in [0.5, 0.6) is 0 Å². The summed E-state index contributed by atoms with van der Waals surface area (Å²) in [4.78, 5) is 42.7. The Hall–Kier alpha value is -2.97. The number of nitrogens with one attached hydrogen (secondary N) is 1. The van der Waals surface area contributed by atoms with Gasteiger partial charge in [-0.05, 0) is 24.3 Å². The molecule has 0 radical (unpaired) electrons. The number of benzene rings is 1. The molecule has 7 nitrogen and oxygen atoms in total. The third-order valence-electron chi connectivity index (χ3n) is 3.61. The Morgan fingerprint density at radius 2 is 1.80 bits per heavy atom. The molecule has 0 atom stereocenters. The Balaban J connectivity index is 1.61. The van der Waals surface area contributed by atoms with Gasteiger partial charge >= 0.3 is 5.97 Å². The average molecular weight is 374 g/mol. The van der Waals surface area contributed by atoms with Gasteiger partial charge in [0.05, 0.1) is 32.2 Å². The van der Waals surface area contributed by atoms with Gasteiger partial charge in [0.1, 0.15) is 5.56 Å². The highest BCUT2D eigenvalue weighted by molar-refractivity contribution is 7.19. The van der Waals surface area contributed by atoms with Crippen LogP contribution in [0.15, 0.2) is 42.6 Å². The summed E-state index contributed by atoms with van der Waals surface area (Å²) in [5.74, 6) is -2.24. The molecule has 0 saturated heterocycles. The van der Waals surface area contributed by atoms with E-state index in [0.717, 1.165) is 0 Å². The number of halogens is 1. The van der Waals surface area contributed by atoms with Crippen LogP contribution in [0, 0.1) is 0 Å². The normalized spacial score (nSPS) is 13.2. The molecule has 124 valence electrons. The summed E-state index contributed by atoms with van der Waals surface area (Å²) in [5, 5.41) is 6.99. The van der Waals surface area contributed by atoms with Gasteiger partial charge in [-0.1, -0.05) is 28.8 Å². The van der Waals surface area contributed by atoms with Crippen LogP contribution < -0.4 is 0 Å². The molecule has 1 aliphatic rings. The topological polar surface area (TPSA) is 92.4 Å². The van der Waals surface area contributed by atoms with E-state index in [0.29, 0.717) is 20.0 Å². The summed E-state index contributed by atoms with van der Waals surface area (Å²) in [6, 6.07) is 9.66. The largest absolute Gasteiger partial charge is 0.367 e. The molecule has 1 aromatic carbocycles. The highest BCUT2D eigenvalue weighted by Crippen LogP contribution is 2.32. The van der Waals surface area contributed by atoms with Crippen molar-refractivity contribution in [3.05, 3.63) is 63.6 Å². The Morgan fingerprint density at radius 3 is 2.40 bits per heavy atom. The molecule has 0 spiro atoms. The number of aromatic nitrogens is 2. The number of hydroxylamine groups is 2. The minimum absolute atomic E-state index is 0.0927. The van der Waals surface area contributed by atoms with Crippen LogP contribution in [-0.2, 0) is 4.84 Å². The number of carbonyl (C=O) groups is 3. The molecular formula is C16H8ClN3O4S. The second kappa shape index (κ2) is 5.83. The zero-order valence-corrected chi connectivity index (χ0v) is 13.9. The molecule has 0 unspecified atom stereocenters. The quantitative estimate of drug-likeness (QED) is 0.712. The number of nitrogens with zero attached hydrogens (tertiary/aromatic N) is 2. The van der Waals surface area contributed by atoms with Crippen LogP contribution in [-0.4, -0.2) is 33.0 Å². The van der Waals surface area contributed by atoms with Crippen molar-refractivity contribution in [1.29, 1.82) is 0 Å². The molecule has 0 bridgehead atoms.